The number of aliphatic hydroxyl groups is 2. The van der Waals surface area contributed by atoms with Crippen LogP contribution in [-0.4, -0.2) is 48.5 Å². The third-order valence-electron chi connectivity index (χ3n) is 3.64. The minimum atomic E-state index is 0.0751. The number of aliphatic hydroxyl groups excluding tert-OH is 2. The van der Waals surface area contributed by atoms with Crippen LogP contribution in [0.1, 0.15) is 46.0 Å². The summed E-state index contributed by atoms with van der Waals surface area (Å²) < 4.78 is 0. The topological polar surface area (TPSA) is 43.7 Å². The first kappa shape index (κ1) is 15.9. The van der Waals surface area contributed by atoms with Gasteiger partial charge in [0, 0.05) is 25.2 Å². The van der Waals surface area contributed by atoms with Crippen LogP contribution in [0, 0.1) is 5.41 Å². The second-order valence-electron chi connectivity index (χ2n) is 4.89. The molecule has 16 heavy (non-hydrogen) atoms. The lowest BCUT2D eigenvalue weighted by atomic mass is 9.83. The van der Waals surface area contributed by atoms with E-state index < -0.39 is 0 Å². The quantitative estimate of drug-likeness (QED) is 0.564. The minimum Gasteiger partial charge on any atom is -0.396 e. The maximum Gasteiger partial charge on any atom is 0.0499 e. The fraction of sp³-hybridized carbons (Fsp3) is 1.00. The van der Waals surface area contributed by atoms with Gasteiger partial charge in [-0.05, 0) is 45.7 Å². The number of nitrogens with zero attached hydrogens (tertiary/aromatic N) is 1. The van der Waals surface area contributed by atoms with Gasteiger partial charge in [-0.2, -0.15) is 0 Å². The van der Waals surface area contributed by atoms with Crippen LogP contribution >= 0.6 is 0 Å². The van der Waals surface area contributed by atoms with Crippen LogP contribution in [0.5, 0.6) is 0 Å². The van der Waals surface area contributed by atoms with Crippen molar-refractivity contribution in [2.24, 2.45) is 5.41 Å². The summed E-state index contributed by atoms with van der Waals surface area (Å²) in [5.74, 6) is 0. The Kier molecular flexibility index (Phi) is 8.90. The zero-order valence-corrected chi connectivity index (χ0v) is 11.2. The molecule has 0 saturated heterocycles. The second kappa shape index (κ2) is 8.97. The predicted molar refractivity (Wildman–Crippen MR) is 68.5 cm³/mol. The van der Waals surface area contributed by atoms with Crippen molar-refractivity contribution in [1.29, 1.82) is 0 Å². The fourth-order valence-electron chi connectivity index (χ4n) is 2.07. The van der Waals surface area contributed by atoms with Crippen LogP contribution in [0.2, 0.25) is 0 Å². The van der Waals surface area contributed by atoms with Crippen LogP contribution in [0.25, 0.3) is 0 Å². The van der Waals surface area contributed by atoms with Crippen LogP contribution < -0.4 is 0 Å². The van der Waals surface area contributed by atoms with Gasteiger partial charge < -0.3 is 15.1 Å². The Bertz CT molecular complexity index is 150. The van der Waals surface area contributed by atoms with Gasteiger partial charge in [-0.1, -0.05) is 13.8 Å². The van der Waals surface area contributed by atoms with Gasteiger partial charge >= 0.3 is 0 Å². The van der Waals surface area contributed by atoms with Crippen molar-refractivity contribution in [2.75, 3.05) is 33.4 Å². The van der Waals surface area contributed by atoms with E-state index in [4.69, 9.17) is 5.11 Å². The molecular formula is C13H29NO2. The van der Waals surface area contributed by atoms with Gasteiger partial charge in [-0.3, -0.25) is 0 Å². The molecule has 0 radical (unpaired) electrons. The van der Waals surface area contributed by atoms with E-state index in [1.807, 2.05) is 0 Å². The summed E-state index contributed by atoms with van der Waals surface area (Å²) in [6, 6.07) is 0. The molecule has 98 valence electrons. The van der Waals surface area contributed by atoms with Crippen molar-refractivity contribution >= 4 is 0 Å². The standard InChI is InChI=1S/C13H29NO2/c1-4-13(5-2,12-16)11-14(3)9-7-6-8-10-15/h15-16H,4-12H2,1-3H3. The molecule has 0 aliphatic heterocycles. The molecule has 0 aliphatic carbocycles. The summed E-state index contributed by atoms with van der Waals surface area (Å²) in [7, 11) is 2.12. The van der Waals surface area contributed by atoms with Gasteiger partial charge in [0.05, 0.1) is 0 Å². The minimum absolute atomic E-state index is 0.0751. The molecule has 0 unspecified atom stereocenters. The molecule has 0 amide bonds. The van der Waals surface area contributed by atoms with E-state index in [1.165, 1.54) is 0 Å². The van der Waals surface area contributed by atoms with Crippen molar-refractivity contribution in [1.82, 2.24) is 4.90 Å². The first-order valence-corrected chi connectivity index (χ1v) is 6.54. The summed E-state index contributed by atoms with van der Waals surface area (Å²) in [5.41, 5.74) is 0.0751. The number of rotatable bonds is 10. The van der Waals surface area contributed by atoms with Gasteiger partial charge in [-0.25, -0.2) is 0 Å². The number of hydrogen-bond acceptors (Lipinski definition) is 3. The normalized spacial score (nSPS) is 12.4. The molecule has 0 aromatic carbocycles. The van der Waals surface area contributed by atoms with Crippen LogP contribution in [-0.2, 0) is 0 Å². The van der Waals surface area contributed by atoms with Crippen molar-refractivity contribution < 1.29 is 10.2 Å². The molecule has 0 rings (SSSR count). The van der Waals surface area contributed by atoms with Gasteiger partial charge in [0.15, 0.2) is 0 Å². The lowest BCUT2D eigenvalue weighted by molar-refractivity contribution is 0.0748. The number of unbranched alkanes of at least 4 members (excludes halogenated alkanes) is 2. The highest BCUT2D eigenvalue weighted by atomic mass is 16.3. The Morgan fingerprint density at radius 2 is 1.62 bits per heavy atom. The molecule has 0 fully saturated rings. The summed E-state index contributed by atoms with van der Waals surface area (Å²) in [6.07, 6.45) is 5.18. The first-order valence-electron chi connectivity index (χ1n) is 6.54. The predicted octanol–water partition coefficient (Wildman–Crippen LogP) is 1.88. The Morgan fingerprint density at radius 1 is 1.00 bits per heavy atom. The monoisotopic (exact) mass is 231 g/mol. The maximum atomic E-state index is 9.48. The zero-order chi connectivity index (χ0) is 12.4. The van der Waals surface area contributed by atoms with E-state index in [-0.39, 0.29) is 12.0 Å². The van der Waals surface area contributed by atoms with Crippen molar-refractivity contribution in [3.8, 4) is 0 Å². The lowest BCUT2D eigenvalue weighted by Crippen LogP contribution is -2.38. The molecule has 0 spiro atoms. The molecule has 3 heteroatoms. The SMILES string of the molecule is CCC(CC)(CO)CN(C)CCCCCO. The van der Waals surface area contributed by atoms with Crippen molar-refractivity contribution in [3.05, 3.63) is 0 Å². The Balaban J connectivity index is 3.86. The third-order valence-corrected chi connectivity index (χ3v) is 3.64. The van der Waals surface area contributed by atoms with Crippen LogP contribution in [0.3, 0.4) is 0 Å². The van der Waals surface area contributed by atoms with E-state index in [1.54, 1.807) is 0 Å². The molecule has 0 aliphatic rings. The summed E-state index contributed by atoms with van der Waals surface area (Å²) in [6.45, 7) is 6.91. The van der Waals surface area contributed by atoms with Gasteiger partial charge in [0.25, 0.3) is 0 Å². The highest BCUT2D eigenvalue weighted by Crippen LogP contribution is 2.26. The van der Waals surface area contributed by atoms with Gasteiger partial charge in [0.1, 0.15) is 0 Å². The highest BCUT2D eigenvalue weighted by Gasteiger charge is 2.26. The molecule has 0 aromatic rings. The smallest absolute Gasteiger partial charge is 0.0499 e. The van der Waals surface area contributed by atoms with E-state index in [0.717, 1.165) is 45.2 Å². The highest BCUT2D eigenvalue weighted by molar-refractivity contribution is 4.78. The molecule has 0 heterocycles. The first-order chi connectivity index (χ1) is 7.64. The molecule has 0 aromatic heterocycles. The Hall–Kier alpha value is -0.120. The van der Waals surface area contributed by atoms with E-state index in [2.05, 4.69) is 25.8 Å². The average molecular weight is 231 g/mol. The molecule has 2 N–H and O–H groups in total. The molecule has 0 atom stereocenters. The largest absolute Gasteiger partial charge is 0.396 e. The van der Waals surface area contributed by atoms with E-state index in [0.29, 0.717) is 6.61 Å². The number of hydrogen-bond donors (Lipinski definition) is 2. The van der Waals surface area contributed by atoms with Crippen molar-refractivity contribution in [2.45, 2.75) is 46.0 Å². The van der Waals surface area contributed by atoms with Gasteiger partial charge in [0.2, 0.25) is 0 Å². The van der Waals surface area contributed by atoms with Crippen LogP contribution in [0.15, 0.2) is 0 Å². The molecule has 3 nitrogen and oxygen atoms in total. The van der Waals surface area contributed by atoms with Crippen LogP contribution in [0.4, 0.5) is 0 Å². The lowest BCUT2D eigenvalue weighted by Gasteiger charge is -2.34. The summed E-state index contributed by atoms with van der Waals surface area (Å²) in [4.78, 5) is 2.31. The third kappa shape index (κ3) is 5.83. The summed E-state index contributed by atoms with van der Waals surface area (Å²) >= 11 is 0. The Morgan fingerprint density at radius 3 is 2.06 bits per heavy atom. The van der Waals surface area contributed by atoms with Crippen molar-refractivity contribution in [3.63, 3.8) is 0 Å². The van der Waals surface area contributed by atoms with E-state index >= 15 is 0 Å². The van der Waals surface area contributed by atoms with Gasteiger partial charge in [-0.15, -0.1) is 0 Å². The maximum absolute atomic E-state index is 9.48. The molecule has 0 bridgehead atoms. The molecular weight excluding hydrogens is 202 g/mol. The summed E-state index contributed by atoms with van der Waals surface area (Å²) in [5, 5.41) is 18.2. The molecule has 0 saturated carbocycles. The zero-order valence-electron chi connectivity index (χ0n) is 11.2. The van der Waals surface area contributed by atoms with E-state index in [9.17, 15) is 5.11 Å². The second-order valence-corrected chi connectivity index (χ2v) is 4.89. The fourth-order valence-corrected chi connectivity index (χ4v) is 2.07. The Labute approximate surface area is 100 Å². The average Bonchev–Trinajstić information content (AvgIpc) is 2.32.